The van der Waals surface area contributed by atoms with E-state index in [1.165, 1.54) is 12.8 Å². The van der Waals surface area contributed by atoms with E-state index in [2.05, 4.69) is 0 Å². The largest absolute Gasteiger partial charge is 0.338 e. The van der Waals surface area contributed by atoms with Crippen LogP contribution in [0.15, 0.2) is 54.6 Å². The van der Waals surface area contributed by atoms with Gasteiger partial charge in [0.1, 0.15) is 0 Å². The molecule has 1 aliphatic carbocycles. The number of fused-ring (bicyclic) bond motifs is 1. The highest BCUT2D eigenvalue weighted by atomic mass is 35.5. The van der Waals surface area contributed by atoms with Crippen molar-refractivity contribution in [3.05, 3.63) is 70.9 Å². The maximum Gasteiger partial charge on any atom is 0.225 e. The van der Waals surface area contributed by atoms with Crippen LogP contribution in [-0.2, 0) is 17.8 Å². The van der Waals surface area contributed by atoms with Crippen molar-refractivity contribution in [2.24, 2.45) is 5.92 Å². The molecule has 1 saturated carbocycles. The van der Waals surface area contributed by atoms with E-state index in [4.69, 9.17) is 21.6 Å². The van der Waals surface area contributed by atoms with Crippen LogP contribution in [0.25, 0.3) is 22.6 Å². The molecule has 0 saturated heterocycles. The van der Waals surface area contributed by atoms with Crippen molar-refractivity contribution < 1.29 is 4.79 Å². The molecule has 5 rings (SSSR count). The van der Waals surface area contributed by atoms with E-state index < -0.39 is 0 Å². The first-order chi connectivity index (χ1) is 14.7. The Bertz CT molecular complexity index is 1060. The fourth-order valence-corrected chi connectivity index (χ4v) is 4.72. The number of benzene rings is 2. The number of hydrogen-bond acceptors (Lipinski definition) is 3. The molecule has 5 heteroatoms. The maximum atomic E-state index is 13.1. The molecular formula is C25H24ClN3O. The van der Waals surface area contributed by atoms with E-state index in [1.807, 2.05) is 59.5 Å². The Balaban J connectivity index is 1.57. The van der Waals surface area contributed by atoms with Crippen molar-refractivity contribution in [2.75, 3.05) is 6.54 Å². The molecule has 2 aromatic carbocycles. The van der Waals surface area contributed by atoms with Crippen LogP contribution < -0.4 is 0 Å². The third-order valence-electron chi connectivity index (χ3n) is 6.23. The molecular weight excluding hydrogens is 394 g/mol. The third kappa shape index (κ3) is 3.72. The van der Waals surface area contributed by atoms with Gasteiger partial charge in [-0.3, -0.25) is 4.79 Å². The van der Waals surface area contributed by atoms with Gasteiger partial charge in [0.15, 0.2) is 5.82 Å². The lowest BCUT2D eigenvalue weighted by Gasteiger charge is -2.31. The van der Waals surface area contributed by atoms with Crippen molar-refractivity contribution in [1.82, 2.24) is 14.9 Å². The lowest BCUT2D eigenvalue weighted by Crippen LogP contribution is -2.39. The van der Waals surface area contributed by atoms with Crippen LogP contribution in [0, 0.1) is 5.92 Å². The van der Waals surface area contributed by atoms with E-state index in [0.717, 1.165) is 59.7 Å². The molecule has 1 fully saturated rings. The molecule has 1 amide bonds. The van der Waals surface area contributed by atoms with E-state index >= 15 is 0 Å². The molecule has 2 aliphatic rings. The summed E-state index contributed by atoms with van der Waals surface area (Å²) in [6.07, 6.45) is 5.14. The van der Waals surface area contributed by atoms with Crippen LogP contribution in [0.1, 0.15) is 36.9 Å². The van der Waals surface area contributed by atoms with Crippen molar-refractivity contribution >= 4 is 17.5 Å². The summed E-state index contributed by atoms with van der Waals surface area (Å²) >= 11 is 6.12. The fraction of sp³-hybridized carbons (Fsp3) is 0.320. The number of carbonyl (C=O) groups excluding carboxylic acids is 1. The summed E-state index contributed by atoms with van der Waals surface area (Å²) in [6, 6.07) is 17.8. The van der Waals surface area contributed by atoms with Gasteiger partial charge in [-0.25, -0.2) is 9.97 Å². The molecule has 3 aromatic rings. The monoisotopic (exact) mass is 417 g/mol. The van der Waals surface area contributed by atoms with E-state index in [9.17, 15) is 4.79 Å². The van der Waals surface area contributed by atoms with Crippen molar-refractivity contribution in [1.29, 1.82) is 0 Å². The summed E-state index contributed by atoms with van der Waals surface area (Å²) in [5.41, 5.74) is 5.02. The Morgan fingerprint density at radius 3 is 2.40 bits per heavy atom. The topological polar surface area (TPSA) is 46.1 Å². The van der Waals surface area contributed by atoms with Crippen molar-refractivity contribution in [3.63, 3.8) is 0 Å². The molecule has 0 unspecified atom stereocenters. The fourth-order valence-electron chi connectivity index (χ4n) is 4.60. The smallest absolute Gasteiger partial charge is 0.225 e. The van der Waals surface area contributed by atoms with E-state index in [0.29, 0.717) is 17.5 Å². The number of carbonyl (C=O) groups is 1. The Hall–Kier alpha value is -2.72. The van der Waals surface area contributed by atoms with Crippen LogP contribution >= 0.6 is 11.6 Å². The van der Waals surface area contributed by atoms with Crippen LogP contribution in [0.3, 0.4) is 0 Å². The lowest BCUT2D eigenvalue weighted by molar-refractivity contribution is -0.136. The Kier molecular flexibility index (Phi) is 5.26. The normalized spacial score (nSPS) is 16.5. The predicted molar refractivity (Wildman–Crippen MR) is 119 cm³/mol. The molecule has 4 nitrogen and oxygen atoms in total. The second-order valence-electron chi connectivity index (χ2n) is 8.19. The number of nitrogens with zero attached hydrogens (tertiary/aromatic N) is 3. The Labute approximate surface area is 181 Å². The van der Waals surface area contributed by atoms with Crippen molar-refractivity contribution in [2.45, 2.75) is 38.6 Å². The minimum atomic E-state index is 0.190. The zero-order chi connectivity index (χ0) is 20.5. The van der Waals surface area contributed by atoms with Gasteiger partial charge in [-0.15, -0.1) is 0 Å². The molecule has 0 atom stereocenters. The highest BCUT2D eigenvalue weighted by Crippen LogP contribution is 2.33. The third-order valence-corrected chi connectivity index (χ3v) is 6.48. The highest BCUT2D eigenvalue weighted by Gasteiger charge is 2.31. The van der Waals surface area contributed by atoms with Gasteiger partial charge >= 0.3 is 0 Å². The summed E-state index contributed by atoms with van der Waals surface area (Å²) in [6.45, 7) is 1.31. The molecule has 0 bridgehead atoms. The zero-order valence-electron chi connectivity index (χ0n) is 16.9. The summed E-state index contributed by atoms with van der Waals surface area (Å²) in [5, 5.41) is 0.697. The van der Waals surface area contributed by atoms with Gasteiger partial charge in [-0.1, -0.05) is 66.9 Å². The second-order valence-corrected chi connectivity index (χ2v) is 8.62. The van der Waals surface area contributed by atoms with Crippen LogP contribution in [0.4, 0.5) is 0 Å². The van der Waals surface area contributed by atoms with Gasteiger partial charge in [0.25, 0.3) is 0 Å². The van der Waals surface area contributed by atoms with Crippen LogP contribution in [-0.4, -0.2) is 27.3 Å². The lowest BCUT2D eigenvalue weighted by atomic mass is 9.97. The number of hydrogen-bond donors (Lipinski definition) is 0. The SMILES string of the molecule is O=C(C1CCCC1)N1CCc2nc(-c3ccccc3)nc(-c3ccc(Cl)cc3)c2C1. The minimum Gasteiger partial charge on any atom is -0.338 e. The van der Waals surface area contributed by atoms with Gasteiger partial charge in [0.2, 0.25) is 5.91 Å². The number of aromatic nitrogens is 2. The summed E-state index contributed by atoms with van der Waals surface area (Å²) in [5.74, 6) is 1.22. The van der Waals surface area contributed by atoms with Crippen molar-refractivity contribution in [3.8, 4) is 22.6 Å². The Morgan fingerprint density at radius 2 is 1.67 bits per heavy atom. The highest BCUT2D eigenvalue weighted by molar-refractivity contribution is 6.30. The number of amides is 1. The first-order valence-corrected chi connectivity index (χ1v) is 11.1. The average Bonchev–Trinajstić information content (AvgIpc) is 3.34. The molecule has 1 aromatic heterocycles. The van der Waals surface area contributed by atoms with Crippen LogP contribution in [0.5, 0.6) is 0 Å². The molecule has 0 N–H and O–H groups in total. The molecule has 30 heavy (non-hydrogen) atoms. The number of halogens is 1. The summed E-state index contributed by atoms with van der Waals surface area (Å²) < 4.78 is 0. The second kappa shape index (κ2) is 8.19. The van der Waals surface area contributed by atoms with Gasteiger partial charge in [0.05, 0.1) is 11.4 Å². The molecule has 0 radical (unpaired) electrons. The molecule has 2 heterocycles. The van der Waals surface area contributed by atoms with Gasteiger partial charge in [-0.05, 0) is 25.0 Å². The average molecular weight is 418 g/mol. The van der Waals surface area contributed by atoms with Gasteiger partial charge < -0.3 is 4.90 Å². The molecule has 1 aliphatic heterocycles. The summed E-state index contributed by atoms with van der Waals surface area (Å²) in [7, 11) is 0. The standard InChI is InChI=1S/C25H24ClN3O/c26-20-12-10-17(11-13-20)23-21-16-29(25(30)19-8-4-5-9-19)15-14-22(21)27-24(28-23)18-6-2-1-3-7-18/h1-3,6-7,10-13,19H,4-5,8-9,14-16H2. The zero-order valence-corrected chi connectivity index (χ0v) is 17.6. The summed E-state index contributed by atoms with van der Waals surface area (Å²) in [4.78, 5) is 24.9. The van der Waals surface area contributed by atoms with Gasteiger partial charge in [-0.2, -0.15) is 0 Å². The minimum absolute atomic E-state index is 0.190. The Morgan fingerprint density at radius 1 is 0.933 bits per heavy atom. The number of rotatable bonds is 3. The quantitative estimate of drug-likeness (QED) is 0.562. The van der Waals surface area contributed by atoms with E-state index in [1.54, 1.807) is 0 Å². The van der Waals surface area contributed by atoms with Gasteiger partial charge in [0, 0.05) is 47.1 Å². The molecule has 152 valence electrons. The van der Waals surface area contributed by atoms with E-state index in [-0.39, 0.29) is 5.92 Å². The van der Waals surface area contributed by atoms with Crippen LogP contribution in [0.2, 0.25) is 5.02 Å². The molecule has 0 spiro atoms. The first kappa shape index (κ1) is 19.3. The predicted octanol–water partition coefficient (Wildman–Crippen LogP) is 5.54. The maximum absolute atomic E-state index is 13.1. The first-order valence-electron chi connectivity index (χ1n) is 10.7.